The lowest BCUT2D eigenvalue weighted by atomic mass is 9.76. The van der Waals surface area contributed by atoms with Crippen LogP contribution in [0.25, 0.3) is 32.7 Å². The topological polar surface area (TPSA) is 0 Å². The molecule has 4 unspecified atom stereocenters. The van der Waals surface area contributed by atoms with E-state index >= 15 is 0 Å². The van der Waals surface area contributed by atoms with Crippen molar-refractivity contribution in [2.75, 3.05) is 0 Å². The second-order valence-corrected chi connectivity index (χ2v) is 14.2. The molecule has 0 saturated carbocycles. The third-order valence-corrected chi connectivity index (χ3v) is 11.1. The highest BCUT2D eigenvalue weighted by atomic mass is 14.3. The lowest BCUT2D eigenvalue weighted by Crippen LogP contribution is -2.11. The Kier molecular flexibility index (Phi) is 9.08. The van der Waals surface area contributed by atoms with Crippen LogP contribution in [0.2, 0.25) is 0 Å². The van der Waals surface area contributed by atoms with Crippen LogP contribution in [0, 0.1) is 6.92 Å². The summed E-state index contributed by atoms with van der Waals surface area (Å²) in [5.41, 5.74) is 12.0. The van der Waals surface area contributed by atoms with Gasteiger partial charge in [-0.1, -0.05) is 207 Å². The van der Waals surface area contributed by atoms with Crippen LogP contribution in [0.3, 0.4) is 0 Å². The molecule has 0 heteroatoms. The summed E-state index contributed by atoms with van der Waals surface area (Å²) in [7, 11) is 0. The summed E-state index contributed by atoms with van der Waals surface area (Å²) in [6.07, 6.45) is 0. The van der Waals surface area contributed by atoms with E-state index in [0.717, 1.165) is 0 Å². The van der Waals surface area contributed by atoms with Crippen molar-refractivity contribution in [3.63, 3.8) is 0 Å². The van der Waals surface area contributed by atoms with Crippen LogP contribution in [0.1, 0.15) is 76.5 Å². The summed E-state index contributed by atoms with van der Waals surface area (Å²) in [5.74, 6) is 1.07. The zero-order chi connectivity index (χ0) is 34.7. The highest BCUT2D eigenvalue weighted by Gasteiger charge is 2.26. The van der Waals surface area contributed by atoms with E-state index in [0.29, 0.717) is 11.8 Å². The Morgan fingerprint density at radius 1 is 0.333 bits per heavy atom. The van der Waals surface area contributed by atoms with Crippen molar-refractivity contribution >= 4 is 21.5 Å². The maximum Gasteiger partial charge on any atom is 0.0162 e. The fraction of sp³-hybridized carbons (Fsp3) is 0.137. The zero-order valence-corrected chi connectivity index (χ0v) is 29.7. The molecule has 0 bridgehead atoms. The standard InChI is InChI=1S/C51H44/c1-35-14-11-21-45(34-35)51(49-25-13-20-43-16-8-10-23-47(43)49)37(3)39-28-32-41(33-29-39)40-30-26-38(27-31-40)36(2)50(44-17-5-4-6-18-44)48-24-12-19-42-15-7-9-22-46(42)48/h4-34,36-37,50-51H,1-3H3. The van der Waals surface area contributed by atoms with Gasteiger partial charge in [0.15, 0.2) is 0 Å². The molecule has 0 aliphatic carbocycles. The smallest absolute Gasteiger partial charge is 0.0162 e. The molecule has 8 aromatic rings. The van der Waals surface area contributed by atoms with Gasteiger partial charge in [-0.25, -0.2) is 0 Å². The predicted octanol–water partition coefficient (Wildman–Crippen LogP) is 13.8. The molecule has 0 aliphatic rings. The van der Waals surface area contributed by atoms with E-state index in [2.05, 4.69) is 209 Å². The Hall–Kier alpha value is -5.72. The molecule has 0 saturated heterocycles. The number of fused-ring (bicyclic) bond motifs is 2. The van der Waals surface area contributed by atoms with Gasteiger partial charge in [0.05, 0.1) is 0 Å². The average Bonchev–Trinajstić information content (AvgIpc) is 3.19. The lowest BCUT2D eigenvalue weighted by molar-refractivity contribution is 0.661. The van der Waals surface area contributed by atoms with E-state index in [1.54, 1.807) is 0 Å². The van der Waals surface area contributed by atoms with Crippen molar-refractivity contribution in [2.45, 2.75) is 44.4 Å². The molecule has 0 heterocycles. The van der Waals surface area contributed by atoms with E-state index < -0.39 is 0 Å². The van der Waals surface area contributed by atoms with E-state index in [9.17, 15) is 0 Å². The molecule has 248 valence electrons. The van der Waals surface area contributed by atoms with Gasteiger partial charge in [-0.15, -0.1) is 0 Å². The first-order chi connectivity index (χ1) is 25.0. The monoisotopic (exact) mass is 656 g/mol. The fourth-order valence-electron chi connectivity index (χ4n) is 8.39. The highest BCUT2D eigenvalue weighted by Crippen LogP contribution is 2.43. The van der Waals surface area contributed by atoms with Gasteiger partial charge in [0.1, 0.15) is 0 Å². The molecule has 0 radical (unpaired) electrons. The van der Waals surface area contributed by atoms with E-state index in [1.165, 1.54) is 71.6 Å². The third kappa shape index (κ3) is 6.51. The molecule has 0 fully saturated rings. The molecule has 51 heavy (non-hydrogen) atoms. The minimum Gasteiger partial charge on any atom is -0.0622 e. The third-order valence-electron chi connectivity index (χ3n) is 11.1. The van der Waals surface area contributed by atoms with E-state index in [-0.39, 0.29) is 11.8 Å². The van der Waals surface area contributed by atoms with E-state index in [1.807, 2.05) is 0 Å². The van der Waals surface area contributed by atoms with Crippen molar-refractivity contribution in [2.24, 2.45) is 0 Å². The Morgan fingerprint density at radius 2 is 0.745 bits per heavy atom. The number of benzene rings is 8. The molecule has 8 aromatic carbocycles. The average molecular weight is 657 g/mol. The van der Waals surface area contributed by atoms with Gasteiger partial charge in [-0.2, -0.15) is 0 Å². The Bertz CT molecular complexity index is 2390. The first-order valence-electron chi connectivity index (χ1n) is 18.3. The number of hydrogen-bond donors (Lipinski definition) is 0. The van der Waals surface area contributed by atoms with Crippen LogP contribution in [-0.4, -0.2) is 0 Å². The van der Waals surface area contributed by atoms with Crippen LogP contribution in [0.15, 0.2) is 188 Å². The Balaban J connectivity index is 1.09. The van der Waals surface area contributed by atoms with Gasteiger partial charge >= 0.3 is 0 Å². The van der Waals surface area contributed by atoms with Gasteiger partial charge < -0.3 is 0 Å². The quantitative estimate of drug-likeness (QED) is 0.145. The first-order valence-corrected chi connectivity index (χ1v) is 18.3. The minimum atomic E-state index is 0.238. The Morgan fingerprint density at radius 3 is 1.25 bits per heavy atom. The summed E-state index contributed by atoms with van der Waals surface area (Å²) in [6, 6.07) is 69.8. The van der Waals surface area contributed by atoms with Crippen LogP contribution in [0.4, 0.5) is 0 Å². The molecule has 0 aromatic heterocycles. The van der Waals surface area contributed by atoms with Crippen molar-refractivity contribution in [3.8, 4) is 11.1 Å². The van der Waals surface area contributed by atoms with Crippen molar-refractivity contribution in [1.29, 1.82) is 0 Å². The molecule has 4 atom stereocenters. The molecule has 0 spiro atoms. The molecule has 0 aliphatic heterocycles. The molecule has 0 amide bonds. The van der Waals surface area contributed by atoms with Gasteiger partial charge in [0, 0.05) is 11.8 Å². The number of aryl methyl sites for hydroxylation is 1. The zero-order valence-electron chi connectivity index (χ0n) is 29.7. The number of rotatable bonds is 9. The molecular formula is C51H44. The van der Waals surface area contributed by atoms with Crippen LogP contribution < -0.4 is 0 Å². The maximum absolute atomic E-state index is 2.39. The van der Waals surface area contributed by atoms with Crippen LogP contribution >= 0.6 is 0 Å². The molecular weight excluding hydrogens is 613 g/mol. The summed E-state index contributed by atoms with van der Waals surface area (Å²) in [4.78, 5) is 0. The van der Waals surface area contributed by atoms with Gasteiger partial charge in [-0.3, -0.25) is 0 Å². The summed E-state index contributed by atoms with van der Waals surface area (Å²) >= 11 is 0. The molecule has 0 N–H and O–H groups in total. The maximum atomic E-state index is 2.39. The second-order valence-electron chi connectivity index (χ2n) is 14.2. The summed E-state index contributed by atoms with van der Waals surface area (Å²) in [6.45, 7) is 6.96. The normalized spacial score (nSPS) is 13.9. The molecule has 0 nitrogen and oxygen atoms in total. The van der Waals surface area contributed by atoms with Crippen molar-refractivity contribution < 1.29 is 0 Å². The van der Waals surface area contributed by atoms with Gasteiger partial charge in [0.25, 0.3) is 0 Å². The van der Waals surface area contributed by atoms with E-state index in [4.69, 9.17) is 0 Å². The van der Waals surface area contributed by atoms with Crippen molar-refractivity contribution in [1.82, 2.24) is 0 Å². The van der Waals surface area contributed by atoms with Crippen LogP contribution in [0.5, 0.6) is 0 Å². The SMILES string of the molecule is Cc1cccc(C(c2cccc3ccccc23)C(C)c2ccc(-c3ccc(C(C)C(c4ccccc4)c4cccc5ccccc45)cc3)cc2)c1. The van der Waals surface area contributed by atoms with Gasteiger partial charge in [-0.05, 0) is 84.8 Å². The number of hydrogen-bond acceptors (Lipinski definition) is 0. The Labute approximate surface area is 303 Å². The fourth-order valence-corrected chi connectivity index (χ4v) is 8.39. The van der Waals surface area contributed by atoms with Gasteiger partial charge in [0.2, 0.25) is 0 Å². The summed E-state index contributed by atoms with van der Waals surface area (Å²) < 4.78 is 0. The molecule has 8 rings (SSSR count). The summed E-state index contributed by atoms with van der Waals surface area (Å²) in [5, 5.41) is 5.25. The van der Waals surface area contributed by atoms with Crippen molar-refractivity contribution in [3.05, 3.63) is 227 Å². The predicted molar refractivity (Wildman–Crippen MR) is 218 cm³/mol. The largest absolute Gasteiger partial charge is 0.0622 e. The highest BCUT2D eigenvalue weighted by molar-refractivity contribution is 5.87. The lowest BCUT2D eigenvalue weighted by Gasteiger charge is -2.28. The van der Waals surface area contributed by atoms with Crippen LogP contribution in [-0.2, 0) is 0 Å². The second kappa shape index (κ2) is 14.3. The minimum absolute atomic E-state index is 0.238. The first kappa shape index (κ1) is 32.5.